The minimum Gasteiger partial charge on any atom is -0.493 e. The summed E-state index contributed by atoms with van der Waals surface area (Å²) in [6.07, 6.45) is 5.16. The third-order valence-corrected chi connectivity index (χ3v) is 5.54. The lowest BCUT2D eigenvalue weighted by molar-refractivity contribution is 0.349. The highest BCUT2D eigenvalue weighted by molar-refractivity contribution is 7.90. The summed E-state index contributed by atoms with van der Waals surface area (Å²) in [5, 5.41) is 0. The molecule has 1 aliphatic rings. The molecule has 0 bridgehead atoms. The van der Waals surface area contributed by atoms with E-state index in [1.165, 1.54) is 13.4 Å². The van der Waals surface area contributed by atoms with Crippen LogP contribution in [-0.2, 0) is 15.3 Å². The van der Waals surface area contributed by atoms with Gasteiger partial charge in [-0.05, 0) is 24.5 Å². The van der Waals surface area contributed by atoms with Crippen LogP contribution < -0.4 is 15.2 Å². The summed E-state index contributed by atoms with van der Waals surface area (Å²) in [4.78, 5) is 0.299. The third-order valence-electron chi connectivity index (χ3n) is 4.41. The van der Waals surface area contributed by atoms with Crippen LogP contribution in [0.2, 0.25) is 0 Å². The standard InChI is InChI=1S/C15H23NO4S/c1-19-12-8-11(15(10-16)6-4-5-7-15)14(21(3,17)18)9-13(12)20-2/h8-9H,4-7,10,16H2,1-3H3. The Morgan fingerprint density at radius 2 is 1.67 bits per heavy atom. The second kappa shape index (κ2) is 5.85. The smallest absolute Gasteiger partial charge is 0.175 e. The zero-order valence-corrected chi connectivity index (χ0v) is 13.6. The Hall–Kier alpha value is -1.27. The fraction of sp³-hybridized carbons (Fsp3) is 0.600. The quantitative estimate of drug-likeness (QED) is 0.898. The first-order valence-corrected chi connectivity index (χ1v) is 8.94. The van der Waals surface area contributed by atoms with E-state index in [1.807, 2.05) is 0 Å². The molecular formula is C15H23NO4S. The van der Waals surface area contributed by atoms with Crippen molar-refractivity contribution in [3.8, 4) is 11.5 Å². The highest BCUT2D eigenvalue weighted by atomic mass is 32.2. The van der Waals surface area contributed by atoms with Crippen LogP contribution in [-0.4, -0.2) is 35.4 Å². The Labute approximate surface area is 126 Å². The fourth-order valence-corrected chi connectivity index (χ4v) is 4.21. The topological polar surface area (TPSA) is 78.6 Å². The number of hydrogen-bond acceptors (Lipinski definition) is 5. The maximum atomic E-state index is 12.2. The van der Waals surface area contributed by atoms with Gasteiger partial charge in [0.1, 0.15) is 0 Å². The van der Waals surface area contributed by atoms with Crippen molar-refractivity contribution in [2.45, 2.75) is 36.0 Å². The summed E-state index contributed by atoms with van der Waals surface area (Å²) >= 11 is 0. The van der Waals surface area contributed by atoms with E-state index >= 15 is 0 Å². The van der Waals surface area contributed by atoms with Gasteiger partial charge in [-0.3, -0.25) is 0 Å². The van der Waals surface area contributed by atoms with Crippen molar-refractivity contribution in [3.63, 3.8) is 0 Å². The Morgan fingerprint density at radius 1 is 1.14 bits per heavy atom. The first kappa shape index (κ1) is 16.1. The number of rotatable bonds is 5. The monoisotopic (exact) mass is 313 g/mol. The minimum atomic E-state index is -3.37. The second-order valence-corrected chi connectivity index (χ2v) is 7.65. The molecule has 0 spiro atoms. The van der Waals surface area contributed by atoms with E-state index in [0.29, 0.717) is 22.9 Å². The van der Waals surface area contributed by atoms with Gasteiger partial charge in [-0.25, -0.2) is 8.42 Å². The molecule has 1 aromatic rings. The van der Waals surface area contributed by atoms with E-state index < -0.39 is 9.84 Å². The van der Waals surface area contributed by atoms with Crippen LogP contribution >= 0.6 is 0 Å². The fourth-order valence-electron chi connectivity index (χ4n) is 3.22. The molecule has 0 aromatic heterocycles. The molecule has 0 atom stereocenters. The van der Waals surface area contributed by atoms with Crippen LogP contribution in [0.15, 0.2) is 17.0 Å². The highest BCUT2D eigenvalue weighted by Crippen LogP contribution is 2.46. The summed E-state index contributed by atoms with van der Waals surface area (Å²) in [5.74, 6) is 0.964. The van der Waals surface area contributed by atoms with Crippen LogP contribution in [0.3, 0.4) is 0 Å². The Balaban J connectivity index is 2.73. The van der Waals surface area contributed by atoms with Gasteiger partial charge in [-0.1, -0.05) is 12.8 Å². The summed E-state index contributed by atoms with van der Waals surface area (Å²) in [5.41, 5.74) is 6.49. The number of nitrogens with two attached hydrogens (primary N) is 1. The number of sulfone groups is 1. The molecule has 2 rings (SSSR count). The molecule has 1 fully saturated rings. The van der Waals surface area contributed by atoms with Gasteiger partial charge in [0.05, 0.1) is 19.1 Å². The van der Waals surface area contributed by atoms with E-state index in [0.717, 1.165) is 31.2 Å². The summed E-state index contributed by atoms with van der Waals surface area (Å²) < 4.78 is 35.0. The molecule has 0 saturated heterocycles. The summed E-state index contributed by atoms with van der Waals surface area (Å²) in [6, 6.07) is 3.34. The Kier molecular flexibility index (Phi) is 4.49. The lowest BCUT2D eigenvalue weighted by Gasteiger charge is -2.30. The van der Waals surface area contributed by atoms with Gasteiger partial charge >= 0.3 is 0 Å². The molecule has 0 amide bonds. The number of ether oxygens (including phenoxy) is 2. The SMILES string of the molecule is COc1cc(C2(CN)CCCC2)c(S(C)(=O)=O)cc1OC. The molecule has 5 nitrogen and oxygen atoms in total. The molecule has 2 N–H and O–H groups in total. The van der Waals surface area contributed by atoms with E-state index in [4.69, 9.17) is 15.2 Å². The molecular weight excluding hydrogens is 290 g/mol. The van der Waals surface area contributed by atoms with Gasteiger partial charge in [0.25, 0.3) is 0 Å². The van der Waals surface area contributed by atoms with Crippen molar-refractivity contribution in [3.05, 3.63) is 17.7 Å². The molecule has 1 aliphatic carbocycles. The molecule has 1 aromatic carbocycles. The van der Waals surface area contributed by atoms with Crippen LogP contribution in [0, 0.1) is 0 Å². The molecule has 118 valence electrons. The summed E-state index contributed by atoms with van der Waals surface area (Å²) in [7, 11) is -0.323. The molecule has 21 heavy (non-hydrogen) atoms. The average molecular weight is 313 g/mol. The number of hydrogen-bond donors (Lipinski definition) is 1. The van der Waals surface area contributed by atoms with Crippen LogP contribution in [0.5, 0.6) is 11.5 Å². The van der Waals surface area contributed by atoms with Crippen LogP contribution in [0.1, 0.15) is 31.2 Å². The number of methoxy groups -OCH3 is 2. The van der Waals surface area contributed by atoms with Gasteiger partial charge < -0.3 is 15.2 Å². The van der Waals surface area contributed by atoms with E-state index in [9.17, 15) is 8.42 Å². The lowest BCUT2D eigenvalue weighted by atomic mass is 9.79. The minimum absolute atomic E-state index is 0.280. The highest BCUT2D eigenvalue weighted by Gasteiger charge is 2.38. The van der Waals surface area contributed by atoms with Crippen LogP contribution in [0.25, 0.3) is 0 Å². The maximum Gasteiger partial charge on any atom is 0.175 e. The van der Waals surface area contributed by atoms with Crippen molar-refractivity contribution in [2.24, 2.45) is 5.73 Å². The van der Waals surface area contributed by atoms with Crippen molar-refractivity contribution < 1.29 is 17.9 Å². The van der Waals surface area contributed by atoms with E-state index in [-0.39, 0.29) is 5.41 Å². The molecule has 1 saturated carbocycles. The van der Waals surface area contributed by atoms with Crippen molar-refractivity contribution in [1.82, 2.24) is 0 Å². The number of benzene rings is 1. The Bertz CT molecular complexity index is 619. The predicted octanol–water partition coefficient (Wildman–Crippen LogP) is 1.88. The summed E-state index contributed by atoms with van der Waals surface area (Å²) in [6.45, 7) is 0.436. The molecule has 6 heteroatoms. The molecule has 0 radical (unpaired) electrons. The molecule has 0 unspecified atom stereocenters. The van der Waals surface area contributed by atoms with E-state index in [1.54, 1.807) is 19.2 Å². The van der Waals surface area contributed by atoms with Crippen molar-refractivity contribution in [2.75, 3.05) is 27.0 Å². The lowest BCUT2D eigenvalue weighted by Crippen LogP contribution is -2.33. The predicted molar refractivity (Wildman–Crippen MR) is 81.9 cm³/mol. The average Bonchev–Trinajstić information content (AvgIpc) is 2.94. The van der Waals surface area contributed by atoms with Gasteiger partial charge in [0.15, 0.2) is 21.3 Å². The van der Waals surface area contributed by atoms with Gasteiger partial charge in [0.2, 0.25) is 0 Å². The van der Waals surface area contributed by atoms with Crippen molar-refractivity contribution >= 4 is 9.84 Å². The van der Waals surface area contributed by atoms with Crippen molar-refractivity contribution in [1.29, 1.82) is 0 Å². The zero-order valence-electron chi connectivity index (χ0n) is 12.8. The largest absolute Gasteiger partial charge is 0.493 e. The van der Waals surface area contributed by atoms with Crippen LogP contribution in [0.4, 0.5) is 0 Å². The molecule has 0 heterocycles. The maximum absolute atomic E-state index is 12.2. The molecule has 0 aliphatic heterocycles. The third kappa shape index (κ3) is 2.87. The second-order valence-electron chi connectivity index (χ2n) is 5.67. The Morgan fingerprint density at radius 3 is 2.10 bits per heavy atom. The zero-order chi connectivity index (χ0) is 15.7. The first-order valence-electron chi connectivity index (χ1n) is 7.04. The van der Waals surface area contributed by atoms with Gasteiger partial charge in [-0.15, -0.1) is 0 Å². The first-order chi connectivity index (χ1) is 9.88. The van der Waals surface area contributed by atoms with E-state index in [2.05, 4.69) is 0 Å². The normalized spacial score (nSPS) is 17.7. The van der Waals surface area contributed by atoms with Gasteiger partial charge in [-0.2, -0.15) is 0 Å². The van der Waals surface area contributed by atoms with Gasteiger partial charge in [0, 0.05) is 24.3 Å².